The van der Waals surface area contributed by atoms with E-state index in [9.17, 15) is 9.90 Å². The Morgan fingerprint density at radius 1 is 1.19 bits per heavy atom. The number of anilines is 1. The average molecular weight is 502 g/mol. The SMILES string of the molecule is CC(C)COc1ccc(C(=O)NC(=S)Nc2cc(Br)c(O)c(Br)c2)cc1. The molecule has 26 heavy (non-hydrogen) atoms. The largest absolute Gasteiger partial charge is 0.506 e. The van der Waals surface area contributed by atoms with Crippen molar-refractivity contribution in [2.45, 2.75) is 13.8 Å². The summed E-state index contributed by atoms with van der Waals surface area (Å²) in [5.41, 5.74) is 1.09. The third kappa shape index (κ3) is 5.96. The van der Waals surface area contributed by atoms with Gasteiger partial charge in [-0.25, -0.2) is 0 Å². The third-order valence-corrected chi connectivity index (χ3v) is 4.61. The lowest BCUT2D eigenvalue weighted by atomic mass is 10.2. The molecular weight excluding hydrogens is 484 g/mol. The molecule has 2 aromatic rings. The van der Waals surface area contributed by atoms with Crippen LogP contribution in [0.15, 0.2) is 45.3 Å². The Morgan fingerprint density at radius 3 is 2.31 bits per heavy atom. The predicted octanol–water partition coefficient (Wildman–Crippen LogP) is 5.08. The molecule has 0 radical (unpaired) electrons. The molecule has 3 N–H and O–H groups in total. The molecule has 0 saturated heterocycles. The highest BCUT2D eigenvalue weighted by atomic mass is 79.9. The van der Waals surface area contributed by atoms with Crippen LogP contribution in [0, 0.1) is 5.92 Å². The van der Waals surface area contributed by atoms with Gasteiger partial charge in [0.25, 0.3) is 5.91 Å². The molecule has 138 valence electrons. The molecular formula is C18H18Br2N2O3S. The third-order valence-electron chi connectivity index (χ3n) is 3.20. The fourth-order valence-corrected chi connectivity index (χ4v) is 3.34. The Labute approximate surface area is 174 Å². The van der Waals surface area contributed by atoms with E-state index in [0.717, 1.165) is 5.75 Å². The number of thiocarbonyl (C=S) groups is 1. The van der Waals surface area contributed by atoms with Crippen LogP contribution in [0.4, 0.5) is 5.69 Å². The van der Waals surface area contributed by atoms with Gasteiger partial charge in [0.1, 0.15) is 11.5 Å². The number of aromatic hydroxyl groups is 1. The Bertz CT molecular complexity index is 788. The highest BCUT2D eigenvalue weighted by Gasteiger charge is 2.11. The monoisotopic (exact) mass is 500 g/mol. The van der Waals surface area contributed by atoms with Gasteiger partial charge in [-0.05, 0) is 86.4 Å². The van der Waals surface area contributed by atoms with Crippen LogP contribution in [-0.4, -0.2) is 22.7 Å². The second-order valence-corrected chi connectivity index (χ2v) is 8.04. The average Bonchev–Trinajstić information content (AvgIpc) is 2.58. The van der Waals surface area contributed by atoms with Crippen molar-refractivity contribution in [3.05, 3.63) is 50.9 Å². The smallest absolute Gasteiger partial charge is 0.257 e. The highest BCUT2D eigenvalue weighted by Crippen LogP contribution is 2.35. The van der Waals surface area contributed by atoms with Crippen molar-refractivity contribution in [3.8, 4) is 11.5 Å². The van der Waals surface area contributed by atoms with Crippen LogP contribution in [0.2, 0.25) is 0 Å². The van der Waals surface area contributed by atoms with Gasteiger partial charge in [0.2, 0.25) is 0 Å². The number of amides is 1. The van der Waals surface area contributed by atoms with E-state index in [0.29, 0.717) is 32.7 Å². The quantitative estimate of drug-likeness (QED) is 0.393. The van der Waals surface area contributed by atoms with Crippen LogP contribution in [0.1, 0.15) is 24.2 Å². The number of ether oxygens (including phenoxy) is 1. The van der Waals surface area contributed by atoms with Crippen LogP contribution in [0.25, 0.3) is 0 Å². The summed E-state index contributed by atoms with van der Waals surface area (Å²) in [5, 5.41) is 15.4. The topological polar surface area (TPSA) is 70.6 Å². The molecule has 0 heterocycles. The maximum atomic E-state index is 12.3. The number of carbonyl (C=O) groups excluding carboxylic acids is 1. The van der Waals surface area contributed by atoms with Gasteiger partial charge in [-0.1, -0.05) is 13.8 Å². The lowest BCUT2D eigenvalue weighted by Gasteiger charge is -2.12. The van der Waals surface area contributed by atoms with Crippen molar-refractivity contribution in [3.63, 3.8) is 0 Å². The lowest BCUT2D eigenvalue weighted by Crippen LogP contribution is -2.34. The predicted molar refractivity (Wildman–Crippen MR) is 114 cm³/mol. The molecule has 0 fully saturated rings. The summed E-state index contributed by atoms with van der Waals surface area (Å²) in [6.07, 6.45) is 0. The standard InChI is InChI=1S/C18H18Br2N2O3S/c1-10(2)9-25-13-5-3-11(4-6-13)17(24)22-18(26)21-12-7-14(19)16(23)15(20)8-12/h3-8,10,23H,9H2,1-2H3,(H2,21,22,24,26). The van der Waals surface area contributed by atoms with Gasteiger partial charge in [0.05, 0.1) is 15.6 Å². The summed E-state index contributed by atoms with van der Waals surface area (Å²) in [5.74, 6) is 0.913. The van der Waals surface area contributed by atoms with Crippen molar-refractivity contribution in [2.24, 2.45) is 5.92 Å². The van der Waals surface area contributed by atoms with Gasteiger partial charge in [-0.3, -0.25) is 10.1 Å². The van der Waals surface area contributed by atoms with Gasteiger partial charge in [0, 0.05) is 11.3 Å². The molecule has 2 rings (SSSR count). The zero-order valence-corrected chi connectivity index (χ0v) is 18.2. The highest BCUT2D eigenvalue weighted by molar-refractivity contribution is 9.11. The number of nitrogens with one attached hydrogen (secondary N) is 2. The van der Waals surface area contributed by atoms with E-state index in [1.807, 2.05) is 0 Å². The first kappa shape index (κ1) is 20.7. The number of benzene rings is 2. The first-order chi connectivity index (χ1) is 12.3. The summed E-state index contributed by atoms with van der Waals surface area (Å²) in [7, 11) is 0. The van der Waals surface area contributed by atoms with Crippen LogP contribution < -0.4 is 15.4 Å². The minimum atomic E-state index is -0.324. The van der Waals surface area contributed by atoms with Crippen LogP contribution in [-0.2, 0) is 0 Å². The summed E-state index contributed by atoms with van der Waals surface area (Å²) >= 11 is 11.6. The first-order valence-electron chi connectivity index (χ1n) is 7.79. The number of halogens is 2. The van der Waals surface area contributed by atoms with Crippen LogP contribution in [0.3, 0.4) is 0 Å². The maximum absolute atomic E-state index is 12.3. The molecule has 0 spiro atoms. The fourth-order valence-electron chi connectivity index (χ4n) is 1.94. The molecule has 0 aromatic heterocycles. The second-order valence-electron chi connectivity index (χ2n) is 5.93. The normalized spacial score (nSPS) is 10.5. The number of hydrogen-bond donors (Lipinski definition) is 3. The summed E-state index contributed by atoms with van der Waals surface area (Å²) in [6.45, 7) is 4.76. The first-order valence-corrected chi connectivity index (χ1v) is 9.79. The van der Waals surface area contributed by atoms with Crippen molar-refractivity contribution in [1.29, 1.82) is 0 Å². The van der Waals surface area contributed by atoms with E-state index in [1.54, 1.807) is 36.4 Å². The number of rotatable bonds is 5. The molecule has 1 amide bonds. The number of carbonyl (C=O) groups is 1. The molecule has 5 nitrogen and oxygen atoms in total. The Morgan fingerprint density at radius 2 is 1.77 bits per heavy atom. The Hall–Kier alpha value is -1.64. The van der Waals surface area contributed by atoms with Crippen molar-refractivity contribution < 1.29 is 14.6 Å². The maximum Gasteiger partial charge on any atom is 0.257 e. The zero-order chi connectivity index (χ0) is 19.3. The van der Waals surface area contributed by atoms with Gasteiger partial charge in [0.15, 0.2) is 5.11 Å². The van der Waals surface area contributed by atoms with Crippen LogP contribution >= 0.6 is 44.1 Å². The van der Waals surface area contributed by atoms with E-state index in [2.05, 4.69) is 56.3 Å². The van der Waals surface area contributed by atoms with E-state index in [4.69, 9.17) is 17.0 Å². The molecule has 0 aliphatic carbocycles. The summed E-state index contributed by atoms with van der Waals surface area (Å²) in [4.78, 5) is 12.3. The molecule has 0 unspecified atom stereocenters. The number of phenols is 1. The van der Waals surface area contributed by atoms with Gasteiger partial charge in [-0.2, -0.15) is 0 Å². The van der Waals surface area contributed by atoms with Crippen molar-refractivity contribution in [1.82, 2.24) is 5.32 Å². The molecule has 2 aromatic carbocycles. The molecule has 0 bridgehead atoms. The Balaban J connectivity index is 1.95. The molecule has 0 aliphatic heterocycles. The number of phenolic OH excluding ortho intramolecular Hbond substituents is 1. The molecule has 0 aliphatic rings. The lowest BCUT2D eigenvalue weighted by molar-refractivity contribution is 0.0977. The molecule has 0 atom stereocenters. The summed E-state index contributed by atoms with van der Waals surface area (Å²) < 4.78 is 6.60. The zero-order valence-electron chi connectivity index (χ0n) is 14.2. The molecule has 0 saturated carbocycles. The number of hydrogen-bond acceptors (Lipinski definition) is 4. The van der Waals surface area contributed by atoms with Crippen LogP contribution in [0.5, 0.6) is 11.5 Å². The van der Waals surface area contributed by atoms with Gasteiger partial charge < -0.3 is 15.2 Å². The van der Waals surface area contributed by atoms with Crippen molar-refractivity contribution in [2.75, 3.05) is 11.9 Å². The summed E-state index contributed by atoms with van der Waals surface area (Å²) in [6, 6.07) is 10.2. The van der Waals surface area contributed by atoms with E-state index in [-0.39, 0.29) is 16.8 Å². The van der Waals surface area contributed by atoms with E-state index >= 15 is 0 Å². The van der Waals surface area contributed by atoms with Crippen molar-refractivity contribution >= 4 is 60.8 Å². The minimum Gasteiger partial charge on any atom is -0.506 e. The minimum absolute atomic E-state index is 0.0882. The van der Waals surface area contributed by atoms with E-state index < -0.39 is 0 Å². The fraction of sp³-hybridized carbons (Fsp3) is 0.222. The molecule has 8 heteroatoms. The van der Waals surface area contributed by atoms with E-state index in [1.165, 1.54) is 0 Å². The Kier molecular flexibility index (Phi) is 7.43. The van der Waals surface area contributed by atoms with Gasteiger partial charge in [-0.15, -0.1) is 0 Å². The second kappa shape index (κ2) is 9.34. The van der Waals surface area contributed by atoms with Gasteiger partial charge >= 0.3 is 0 Å².